The number of sulfonamides is 1. The fourth-order valence-corrected chi connectivity index (χ4v) is 5.35. The Bertz CT molecular complexity index is 1160. The zero-order valence-corrected chi connectivity index (χ0v) is 19.4. The van der Waals surface area contributed by atoms with Gasteiger partial charge in [0.1, 0.15) is 13.2 Å². The van der Waals surface area contributed by atoms with E-state index in [-0.39, 0.29) is 41.4 Å². The molecular formula is C23H27N3O6S. The number of fused-ring (bicyclic) bond motifs is 1. The Kier molecular flexibility index (Phi) is 6.57. The number of rotatable bonds is 5. The van der Waals surface area contributed by atoms with Crippen LogP contribution in [0.2, 0.25) is 0 Å². The SMILES string of the molecule is CC(=O)N1CCN(S(=O)(=O)c2cccc(C(=O)NC(C)c3ccc4c(c3)OCCO4)c2)CC1. The van der Waals surface area contributed by atoms with Gasteiger partial charge in [-0.3, -0.25) is 9.59 Å². The molecule has 0 aliphatic carbocycles. The molecule has 2 aromatic carbocycles. The van der Waals surface area contributed by atoms with Gasteiger partial charge in [-0.25, -0.2) is 8.42 Å². The van der Waals surface area contributed by atoms with Gasteiger partial charge in [0.2, 0.25) is 15.9 Å². The van der Waals surface area contributed by atoms with Gasteiger partial charge in [0.25, 0.3) is 5.91 Å². The summed E-state index contributed by atoms with van der Waals surface area (Å²) in [6, 6.07) is 11.2. The molecule has 0 spiro atoms. The fourth-order valence-electron chi connectivity index (χ4n) is 3.88. The number of piperazine rings is 1. The minimum absolute atomic E-state index is 0.0541. The van der Waals surface area contributed by atoms with Crippen molar-refractivity contribution in [1.29, 1.82) is 0 Å². The molecular weight excluding hydrogens is 446 g/mol. The molecule has 2 aromatic rings. The average molecular weight is 474 g/mol. The van der Waals surface area contributed by atoms with Gasteiger partial charge in [0, 0.05) is 38.7 Å². The standard InChI is InChI=1S/C23H27N3O6S/c1-16(18-6-7-21-22(15-18)32-13-12-31-21)24-23(28)19-4-3-5-20(14-19)33(29,30)26-10-8-25(9-11-26)17(2)27/h3-7,14-16H,8-13H2,1-2H3,(H,24,28). The molecule has 0 radical (unpaired) electrons. The Morgan fingerprint density at radius 3 is 2.36 bits per heavy atom. The molecule has 2 heterocycles. The van der Waals surface area contributed by atoms with Crippen molar-refractivity contribution < 1.29 is 27.5 Å². The van der Waals surface area contributed by atoms with Gasteiger partial charge >= 0.3 is 0 Å². The maximum Gasteiger partial charge on any atom is 0.251 e. The third-order valence-electron chi connectivity index (χ3n) is 5.83. The summed E-state index contributed by atoms with van der Waals surface area (Å²) in [5.41, 5.74) is 1.10. The Morgan fingerprint density at radius 1 is 0.970 bits per heavy atom. The number of carbonyl (C=O) groups is 2. The van der Waals surface area contributed by atoms with E-state index in [0.29, 0.717) is 37.8 Å². The average Bonchev–Trinajstić information content (AvgIpc) is 2.83. The summed E-state index contributed by atoms with van der Waals surface area (Å²) in [5, 5.41) is 2.91. The van der Waals surface area contributed by atoms with E-state index in [0.717, 1.165) is 5.56 Å². The van der Waals surface area contributed by atoms with Crippen LogP contribution in [0.3, 0.4) is 0 Å². The van der Waals surface area contributed by atoms with Crippen LogP contribution in [-0.2, 0) is 14.8 Å². The number of nitrogens with one attached hydrogen (secondary N) is 1. The quantitative estimate of drug-likeness (QED) is 0.710. The molecule has 1 unspecified atom stereocenters. The van der Waals surface area contributed by atoms with Crippen molar-refractivity contribution in [3.63, 3.8) is 0 Å². The van der Waals surface area contributed by atoms with E-state index in [4.69, 9.17) is 9.47 Å². The highest BCUT2D eigenvalue weighted by Gasteiger charge is 2.29. The van der Waals surface area contributed by atoms with E-state index in [1.54, 1.807) is 17.0 Å². The molecule has 0 saturated carbocycles. The fraction of sp³-hybridized carbons (Fsp3) is 0.391. The minimum Gasteiger partial charge on any atom is -0.486 e. The predicted octanol–water partition coefficient (Wildman–Crippen LogP) is 1.80. The van der Waals surface area contributed by atoms with E-state index in [2.05, 4.69) is 5.32 Å². The van der Waals surface area contributed by atoms with Crippen molar-refractivity contribution in [2.24, 2.45) is 0 Å². The van der Waals surface area contributed by atoms with E-state index in [1.165, 1.54) is 23.4 Å². The molecule has 2 aliphatic heterocycles. The van der Waals surface area contributed by atoms with Crippen LogP contribution in [0.4, 0.5) is 0 Å². The summed E-state index contributed by atoms with van der Waals surface area (Å²) in [5.74, 6) is 0.858. The molecule has 9 nitrogen and oxygen atoms in total. The molecule has 0 aromatic heterocycles. The predicted molar refractivity (Wildman–Crippen MR) is 121 cm³/mol. The Morgan fingerprint density at radius 2 is 1.67 bits per heavy atom. The Labute approximate surface area is 193 Å². The van der Waals surface area contributed by atoms with Crippen LogP contribution in [0.1, 0.15) is 35.8 Å². The molecule has 1 atom stereocenters. The van der Waals surface area contributed by atoms with Crippen LogP contribution < -0.4 is 14.8 Å². The molecule has 2 aliphatic rings. The van der Waals surface area contributed by atoms with Crippen LogP contribution >= 0.6 is 0 Å². The summed E-state index contributed by atoms with van der Waals surface area (Å²) >= 11 is 0. The van der Waals surface area contributed by atoms with E-state index in [1.807, 2.05) is 25.1 Å². The second-order valence-electron chi connectivity index (χ2n) is 8.04. The second kappa shape index (κ2) is 9.40. The largest absolute Gasteiger partial charge is 0.486 e. The molecule has 1 fully saturated rings. The summed E-state index contributed by atoms with van der Waals surface area (Å²) in [4.78, 5) is 26.1. The first-order valence-corrected chi connectivity index (χ1v) is 12.3. The molecule has 1 N–H and O–H groups in total. The van der Waals surface area contributed by atoms with Gasteiger partial charge in [-0.1, -0.05) is 12.1 Å². The lowest BCUT2D eigenvalue weighted by Crippen LogP contribution is -2.49. The van der Waals surface area contributed by atoms with Crippen molar-refractivity contribution in [2.45, 2.75) is 24.8 Å². The highest BCUT2D eigenvalue weighted by molar-refractivity contribution is 7.89. The lowest BCUT2D eigenvalue weighted by Gasteiger charge is -2.33. The number of nitrogens with zero attached hydrogens (tertiary/aromatic N) is 2. The molecule has 176 valence electrons. The molecule has 33 heavy (non-hydrogen) atoms. The van der Waals surface area contributed by atoms with Crippen LogP contribution in [0.5, 0.6) is 11.5 Å². The van der Waals surface area contributed by atoms with Crippen LogP contribution in [0.15, 0.2) is 47.4 Å². The normalized spacial score (nSPS) is 17.3. The number of hydrogen-bond donors (Lipinski definition) is 1. The topological polar surface area (TPSA) is 105 Å². The Hall–Kier alpha value is -3.11. The van der Waals surface area contributed by atoms with Crippen LogP contribution in [0.25, 0.3) is 0 Å². The Balaban J connectivity index is 1.46. The van der Waals surface area contributed by atoms with Crippen molar-refractivity contribution in [1.82, 2.24) is 14.5 Å². The van der Waals surface area contributed by atoms with Gasteiger partial charge in [0.05, 0.1) is 10.9 Å². The number of benzene rings is 2. The summed E-state index contributed by atoms with van der Waals surface area (Å²) in [7, 11) is -3.77. The van der Waals surface area contributed by atoms with E-state index >= 15 is 0 Å². The van der Waals surface area contributed by atoms with Crippen LogP contribution in [-0.4, -0.2) is 68.8 Å². The highest BCUT2D eigenvalue weighted by Crippen LogP contribution is 2.32. The number of hydrogen-bond acceptors (Lipinski definition) is 6. The summed E-state index contributed by atoms with van der Waals surface area (Å²) in [6.45, 7) is 5.44. The van der Waals surface area contributed by atoms with Crippen molar-refractivity contribution in [2.75, 3.05) is 39.4 Å². The molecule has 2 amide bonds. The third kappa shape index (κ3) is 4.96. The van der Waals surface area contributed by atoms with Gasteiger partial charge < -0.3 is 19.7 Å². The summed E-state index contributed by atoms with van der Waals surface area (Å²) in [6.07, 6.45) is 0. The van der Waals surface area contributed by atoms with Crippen molar-refractivity contribution in [3.8, 4) is 11.5 Å². The molecule has 4 rings (SSSR count). The first-order valence-electron chi connectivity index (χ1n) is 10.8. The third-order valence-corrected chi connectivity index (χ3v) is 7.73. The summed E-state index contributed by atoms with van der Waals surface area (Å²) < 4.78 is 38.6. The first-order chi connectivity index (χ1) is 15.8. The van der Waals surface area contributed by atoms with Crippen molar-refractivity contribution in [3.05, 3.63) is 53.6 Å². The maximum atomic E-state index is 13.1. The number of carbonyl (C=O) groups excluding carboxylic acids is 2. The molecule has 1 saturated heterocycles. The zero-order valence-electron chi connectivity index (χ0n) is 18.6. The number of ether oxygens (including phenoxy) is 2. The van der Waals surface area contributed by atoms with Gasteiger partial charge in [-0.05, 0) is 42.8 Å². The lowest BCUT2D eigenvalue weighted by atomic mass is 10.1. The maximum absolute atomic E-state index is 13.1. The monoisotopic (exact) mass is 473 g/mol. The highest BCUT2D eigenvalue weighted by atomic mass is 32.2. The first kappa shape index (κ1) is 23.1. The second-order valence-corrected chi connectivity index (χ2v) is 9.97. The smallest absolute Gasteiger partial charge is 0.251 e. The van der Waals surface area contributed by atoms with Crippen LogP contribution in [0, 0.1) is 0 Å². The zero-order chi connectivity index (χ0) is 23.6. The molecule has 10 heteroatoms. The van der Waals surface area contributed by atoms with Gasteiger partial charge in [0.15, 0.2) is 11.5 Å². The van der Waals surface area contributed by atoms with Gasteiger partial charge in [-0.2, -0.15) is 4.31 Å². The van der Waals surface area contributed by atoms with E-state index < -0.39 is 10.0 Å². The minimum atomic E-state index is -3.77. The molecule has 0 bridgehead atoms. The lowest BCUT2D eigenvalue weighted by molar-refractivity contribution is -0.129. The van der Waals surface area contributed by atoms with Crippen molar-refractivity contribution >= 4 is 21.8 Å². The number of amides is 2. The van der Waals surface area contributed by atoms with Gasteiger partial charge in [-0.15, -0.1) is 0 Å². The van der Waals surface area contributed by atoms with E-state index in [9.17, 15) is 18.0 Å².